The quantitative estimate of drug-likeness (QED) is 0.639. The van der Waals surface area contributed by atoms with E-state index in [-0.39, 0.29) is 12.1 Å². The van der Waals surface area contributed by atoms with Crippen molar-refractivity contribution in [3.63, 3.8) is 0 Å². The first-order valence-electron chi connectivity index (χ1n) is 4.25. The summed E-state index contributed by atoms with van der Waals surface area (Å²) in [4.78, 5) is 10.9. The highest BCUT2D eigenvalue weighted by Crippen LogP contribution is 1.86. The first-order valence-corrected chi connectivity index (χ1v) is 4.25. The minimum Gasteiger partial charge on any atom is -0.338 e. The fraction of sp³-hybridized carbons (Fsp3) is 0.875. The number of hydrogen-bond acceptors (Lipinski definition) is 1. The van der Waals surface area contributed by atoms with Crippen LogP contribution in [-0.4, -0.2) is 18.6 Å². The van der Waals surface area contributed by atoms with Crippen LogP contribution in [-0.2, 0) is 0 Å². The molecule has 3 heteroatoms. The maximum Gasteiger partial charge on any atom is 0.314 e. The molecule has 0 aliphatic carbocycles. The fourth-order valence-corrected chi connectivity index (χ4v) is 0.615. The van der Waals surface area contributed by atoms with Gasteiger partial charge in [-0.25, -0.2) is 4.79 Å². The van der Waals surface area contributed by atoms with Gasteiger partial charge in [-0.3, -0.25) is 0 Å². The topological polar surface area (TPSA) is 41.1 Å². The Balaban J connectivity index is 3.36. The Bertz CT molecular complexity index is 115. The van der Waals surface area contributed by atoms with Crippen LogP contribution in [0.5, 0.6) is 0 Å². The van der Waals surface area contributed by atoms with Crippen LogP contribution in [0.3, 0.4) is 0 Å². The van der Waals surface area contributed by atoms with Crippen molar-refractivity contribution in [3.05, 3.63) is 0 Å². The molecule has 0 aromatic rings. The highest BCUT2D eigenvalue weighted by molar-refractivity contribution is 5.74. The second-order valence-electron chi connectivity index (χ2n) is 2.71. The van der Waals surface area contributed by atoms with Crippen molar-refractivity contribution < 1.29 is 4.79 Å². The zero-order chi connectivity index (χ0) is 8.69. The van der Waals surface area contributed by atoms with Gasteiger partial charge in [0.05, 0.1) is 0 Å². The summed E-state index contributed by atoms with van der Waals surface area (Å²) in [5.41, 5.74) is 0. The van der Waals surface area contributed by atoms with Crippen LogP contribution in [0.15, 0.2) is 0 Å². The van der Waals surface area contributed by atoms with Crippen molar-refractivity contribution in [1.29, 1.82) is 0 Å². The molecular formula is C8H18N2O. The summed E-state index contributed by atoms with van der Waals surface area (Å²) >= 11 is 0. The molecule has 0 rings (SSSR count). The molecule has 1 atom stereocenters. The summed E-state index contributed by atoms with van der Waals surface area (Å²) in [7, 11) is 0. The molecule has 0 radical (unpaired) electrons. The molecule has 0 aliphatic heterocycles. The van der Waals surface area contributed by atoms with Crippen LogP contribution >= 0.6 is 0 Å². The third-order valence-corrected chi connectivity index (χ3v) is 1.53. The van der Waals surface area contributed by atoms with E-state index in [2.05, 4.69) is 10.6 Å². The van der Waals surface area contributed by atoms with Gasteiger partial charge in [-0.1, -0.05) is 13.8 Å². The normalized spacial score (nSPS) is 12.3. The Kier molecular flexibility index (Phi) is 5.61. The van der Waals surface area contributed by atoms with Crippen molar-refractivity contribution in [3.8, 4) is 0 Å². The molecule has 11 heavy (non-hydrogen) atoms. The smallest absolute Gasteiger partial charge is 0.314 e. The van der Waals surface area contributed by atoms with Crippen LogP contribution in [0.25, 0.3) is 0 Å². The first-order chi connectivity index (χ1) is 5.20. The molecule has 0 fully saturated rings. The predicted octanol–water partition coefficient (Wildman–Crippen LogP) is 1.49. The third-order valence-electron chi connectivity index (χ3n) is 1.53. The van der Waals surface area contributed by atoms with E-state index in [1.165, 1.54) is 0 Å². The predicted molar refractivity (Wildman–Crippen MR) is 46.6 cm³/mol. The number of amides is 2. The molecule has 66 valence electrons. The SMILES string of the molecule is CCCNC(=O)N[C@@H](C)CC. The molecular weight excluding hydrogens is 140 g/mol. The highest BCUT2D eigenvalue weighted by Gasteiger charge is 2.01. The van der Waals surface area contributed by atoms with Gasteiger partial charge in [0.25, 0.3) is 0 Å². The number of hydrogen-bond donors (Lipinski definition) is 2. The van der Waals surface area contributed by atoms with Crippen LogP contribution in [0.2, 0.25) is 0 Å². The van der Waals surface area contributed by atoms with E-state index in [0.717, 1.165) is 19.4 Å². The Labute approximate surface area is 68.6 Å². The van der Waals surface area contributed by atoms with Crippen LogP contribution in [0.4, 0.5) is 4.79 Å². The molecule has 0 aromatic carbocycles. The fourth-order valence-electron chi connectivity index (χ4n) is 0.615. The molecule has 0 saturated heterocycles. The Hall–Kier alpha value is -0.730. The number of carbonyl (C=O) groups is 1. The van der Waals surface area contributed by atoms with Crippen LogP contribution in [0, 0.1) is 0 Å². The zero-order valence-electron chi connectivity index (χ0n) is 7.61. The minimum atomic E-state index is -0.0544. The van der Waals surface area contributed by atoms with Gasteiger partial charge in [-0.2, -0.15) is 0 Å². The lowest BCUT2D eigenvalue weighted by molar-refractivity contribution is 0.237. The van der Waals surface area contributed by atoms with Gasteiger partial charge in [0.1, 0.15) is 0 Å². The standard InChI is InChI=1S/C8H18N2O/c1-4-6-9-8(11)10-7(3)5-2/h7H,4-6H2,1-3H3,(H2,9,10,11)/t7-/m0/s1. The summed E-state index contributed by atoms with van der Waals surface area (Å²) in [5.74, 6) is 0. The summed E-state index contributed by atoms with van der Waals surface area (Å²) in [6, 6.07) is 0.216. The van der Waals surface area contributed by atoms with Gasteiger partial charge < -0.3 is 10.6 Å². The monoisotopic (exact) mass is 158 g/mol. The van der Waals surface area contributed by atoms with Gasteiger partial charge in [0, 0.05) is 12.6 Å². The number of nitrogens with one attached hydrogen (secondary N) is 2. The average molecular weight is 158 g/mol. The minimum absolute atomic E-state index is 0.0544. The lowest BCUT2D eigenvalue weighted by Crippen LogP contribution is -2.40. The molecule has 0 bridgehead atoms. The molecule has 0 heterocycles. The van der Waals surface area contributed by atoms with E-state index in [1.54, 1.807) is 0 Å². The van der Waals surface area contributed by atoms with Crippen molar-refractivity contribution in [1.82, 2.24) is 10.6 Å². The first kappa shape index (κ1) is 10.3. The van der Waals surface area contributed by atoms with Crippen molar-refractivity contribution in [2.75, 3.05) is 6.54 Å². The van der Waals surface area contributed by atoms with Gasteiger partial charge in [-0.15, -0.1) is 0 Å². The van der Waals surface area contributed by atoms with Crippen molar-refractivity contribution in [2.45, 2.75) is 39.7 Å². The van der Waals surface area contributed by atoms with E-state index in [9.17, 15) is 4.79 Å². The number of rotatable bonds is 4. The molecule has 0 saturated carbocycles. The summed E-state index contributed by atoms with van der Waals surface area (Å²) < 4.78 is 0. The van der Waals surface area contributed by atoms with Gasteiger partial charge in [-0.05, 0) is 19.8 Å². The van der Waals surface area contributed by atoms with Crippen molar-refractivity contribution >= 4 is 6.03 Å². The van der Waals surface area contributed by atoms with Crippen LogP contribution < -0.4 is 10.6 Å². The lowest BCUT2D eigenvalue weighted by atomic mass is 10.3. The average Bonchev–Trinajstić information content (AvgIpc) is 2.00. The van der Waals surface area contributed by atoms with E-state index in [0.29, 0.717) is 0 Å². The molecule has 0 aromatic heterocycles. The van der Waals surface area contributed by atoms with Gasteiger partial charge in [0.2, 0.25) is 0 Å². The van der Waals surface area contributed by atoms with Crippen molar-refractivity contribution in [2.24, 2.45) is 0 Å². The third kappa shape index (κ3) is 5.70. The molecule has 0 unspecified atom stereocenters. The summed E-state index contributed by atoms with van der Waals surface area (Å²) in [6.07, 6.45) is 1.95. The molecule has 3 nitrogen and oxygen atoms in total. The maximum atomic E-state index is 10.9. The largest absolute Gasteiger partial charge is 0.338 e. The Morgan fingerprint density at radius 1 is 1.45 bits per heavy atom. The molecule has 2 N–H and O–H groups in total. The molecule has 2 amide bonds. The van der Waals surface area contributed by atoms with Gasteiger partial charge in [0.15, 0.2) is 0 Å². The highest BCUT2D eigenvalue weighted by atomic mass is 16.2. The molecule has 0 aliphatic rings. The number of carbonyl (C=O) groups excluding carboxylic acids is 1. The van der Waals surface area contributed by atoms with E-state index < -0.39 is 0 Å². The van der Waals surface area contributed by atoms with Gasteiger partial charge >= 0.3 is 6.03 Å². The summed E-state index contributed by atoms with van der Waals surface area (Å²) in [6.45, 7) is 6.82. The lowest BCUT2D eigenvalue weighted by Gasteiger charge is -2.11. The molecule has 0 spiro atoms. The second kappa shape index (κ2) is 6.01. The van der Waals surface area contributed by atoms with Crippen LogP contribution in [0.1, 0.15) is 33.6 Å². The van der Waals surface area contributed by atoms with E-state index >= 15 is 0 Å². The number of urea groups is 1. The Morgan fingerprint density at radius 2 is 2.09 bits per heavy atom. The zero-order valence-corrected chi connectivity index (χ0v) is 7.61. The maximum absolute atomic E-state index is 10.9. The summed E-state index contributed by atoms with van der Waals surface area (Å²) in [5, 5.41) is 5.56. The van der Waals surface area contributed by atoms with E-state index in [1.807, 2.05) is 20.8 Å². The second-order valence-corrected chi connectivity index (χ2v) is 2.71. The van der Waals surface area contributed by atoms with E-state index in [4.69, 9.17) is 0 Å². The Morgan fingerprint density at radius 3 is 2.55 bits per heavy atom.